The highest BCUT2D eigenvalue weighted by atomic mass is 19.1. The molecule has 1 radical (unpaired) electrons. The van der Waals surface area contributed by atoms with E-state index in [4.69, 9.17) is 0 Å². The van der Waals surface area contributed by atoms with Crippen molar-refractivity contribution in [1.82, 2.24) is 4.98 Å². The number of nitrogens with zero attached hydrogens (tertiary/aromatic N) is 1. The first-order chi connectivity index (χ1) is 7.09. The molecule has 1 aliphatic rings. The highest BCUT2D eigenvalue weighted by Gasteiger charge is 2.37. The summed E-state index contributed by atoms with van der Waals surface area (Å²) in [5.74, 6) is -0.171. The van der Waals surface area contributed by atoms with E-state index in [0.717, 1.165) is 11.1 Å². The van der Waals surface area contributed by atoms with Crippen LogP contribution in [0, 0.1) is 6.42 Å². The van der Waals surface area contributed by atoms with Crippen molar-refractivity contribution in [1.29, 1.82) is 0 Å². The number of aromatic nitrogens is 1. The molecule has 0 fully saturated rings. The molecular formula is C13H15FN. The number of pyridine rings is 1. The van der Waals surface area contributed by atoms with Crippen LogP contribution in [0.25, 0.3) is 0 Å². The molecule has 1 aliphatic carbocycles. The van der Waals surface area contributed by atoms with Crippen molar-refractivity contribution in [2.45, 2.75) is 31.9 Å². The van der Waals surface area contributed by atoms with E-state index in [1.807, 2.05) is 31.6 Å². The van der Waals surface area contributed by atoms with Gasteiger partial charge in [-0.1, -0.05) is 17.7 Å². The first-order valence-corrected chi connectivity index (χ1v) is 5.19. The van der Waals surface area contributed by atoms with Gasteiger partial charge in [-0.05, 0) is 31.9 Å². The summed E-state index contributed by atoms with van der Waals surface area (Å²) >= 11 is 0. The molecule has 0 saturated carbocycles. The smallest absolute Gasteiger partial charge is 0.119 e. The van der Waals surface area contributed by atoms with Gasteiger partial charge in [-0.25, -0.2) is 4.39 Å². The molecule has 0 saturated heterocycles. The number of halogens is 1. The summed E-state index contributed by atoms with van der Waals surface area (Å²) in [4.78, 5) is 4.04. The van der Waals surface area contributed by atoms with Crippen molar-refractivity contribution < 1.29 is 4.39 Å². The first-order valence-electron chi connectivity index (χ1n) is 5.19. The van der Waals surface area contributed by atoms with Crippen molar-refractivity contribution >= 4 is 0 Å². The second kappa shape index (κ2) is 3.76. The number of hydrogen-bond acceptors (Lipinski definition) is 1. The third-order valence-corrected chi connectivity index (χ3v) is 2.89. The van der Waals surface area contributed by atoms with Crippen LogP contribution in [0.15, 0.2) is 36.2 Å². The fourth-order valence-electron chi connectivity index (χ4n) is 2.19. The minimum absolute atomic E-state index is 0.171. The van der Waals surface area contributed by atoms with E-state index in [9.17, 15) is 4.39 Å². The van der Waals surface area contributed by atoms with Crippen LogP contribution in [0.2, 0.25) is 0 Å². The standard InChI is InChI=1S/C13H15FN/c1-10-5-6-12(13(2,14)8-10)11-4-3-7-15-9-11/h3-7,9,12H,8H2,1-2H3. The van der Waals surface area contributed by atoms with Gasteiger partial charge < -0.3 is 0 Å². The van der Waals surface area contributed by atoms with Crippen molar-refractivity contribution in [3.05, 3.63) is 48.2 Å². The summed E-state index contributed by atoms with van der Waals surface area (Å²) in [7, 11) is 0. The zero-order chi connectivity index (χ0) is 10.9. The molecule has 0 aromatic carbocycles. The van der Waals surface area contributed by atoms with Crippen LogP contribution in [0.4, 0.5) is 4.39 Å². The maximum absolute atomic E-state index is 14.4. The number of alkyl halides is 1. The summed E-state index contributed by atoms with van der Waals surface area (Å²) in [6, 6.07) is 3.78. The topological polar surface area (TPSA) is 12.9 Å². The molecule has 2 rings (SSSR count). The van der Waals surface area contributed by atoms with E-state index in [-0.39, 0.29) is 5.92 Å². The molecule has 2 unspecified atom stereocenters. The average Bonchev–Trinajstić information content (AvgIpc) is 2.17. The Morgan fingerprint density at radius 1 is 1.53 bits per heavy atom. The van der Waals surface area contributed by atoms with Gasteiger partial charge in [0.25, 0.3) is 0 Å². The Hall–Kier alpha value is -1.18. The molecule has 2 heteroatoms. The lowest BCUT2D eigenvalue weighted by molar-refractivity contribution is 0.156. The lowest BCUT2D eigenvalue weighted by atomic mass is 9.75. The van der Waals surface area contributed by atoms with Gasteiger partial charge >= 0.3 is 0 Å². The van der Waals surface area contributed by atoms with Crippen molar-refractivity contribution in [3.63, 3.8) is 0 Å². The third-order valence-electron chi connectivity index (χ3n) is 2.89. The first kappa shape index (κ1) is 10.3. The van der Waals surface area contributed by atoms with Gasteiger partial charge in [0.1, 0.15) is 5.67 Å². The molecule has 1 nitrogen and oxygen atoms in total. The lowest BCUT2D eigenvalue weighted by Crippen LogP contribution is -2.31. The number of allylic oxidation sites excluding steroid dienone is 2. The second-order valence-corrected chi connectivity index (χ2v) is 4.42. The maximum atomic E-state index is 14.4. The Balaban J connectivity index is 2.31. The van der Waals surface area contributed by atoms with Gasteiger partial charge in [0.2, 0.25) is 0 Å². The second-order valence-electron chi connectivity index (χ2n) is 4.42. The monoisotopic (exact) mass is 204 g/mol. The predicted octanol–water partition coefficient (Wildman–Crippen LogP) is 3.45. The lowest BCUT2D eigenvalue weighted by Gasteiger charge is -2.33. The SMILES string of the molecule is CC1=C[CH]C(c2cccnc2)C(C)(F)C1. The highest BCUT2D eigenvalue weighted by molar-refractivity contribution is 5.31. The van der Waals surface area contributed by atoms with Crippen LogP contribution in [0.1, 0.15) is 31.7 Å². The normalized spacial score (nSPS) is 31.1. The minimum atomic E-state index is -1.19. The molecular weight excluding hydrogens is 189 g/mol. The number of hydrogen-bond donors (Lipinski definition) is 0. The fraction of sp³-hybridized carbons (Fsp3) is 0.385. The molecule has 1 heterocycles. The third kappa shape index (κ3) is 2.09. The van der Waals surface area contributed by atoms with Crippen LogP contribution in [-0.2, 0) is 0 Å². The molecule has 0 aliphatic heterocycles. The molecule has 1 aromatic heterocycles. The summed E-state index contributed by atoms with van der Waals surface area (Å²) in [6.45, 7) is 3.63. The highest BCUT2D eigenvalue weighted by Crippen LogP contribution is 2.41. The van der Waals surface area contributed by atoms with Crippen LogP contribution < -0.4 is 0 Å². The van der Waals surface area contributed by atoms with E-state index in [0.29, 0.717) is 6.42 Å². The Morgan fingerprint density at radius 2 is 2.33 bits per heavy atom. The van der Waals surface area contributed by atoms with Gasteiger partial charge in [0, 0.05) is 24.7 Å². The molecule has 15 heavy (non-hydrogen) atoms. The van der Waals surface area contributed by atoms with E-state index in [1.165, 1.54) is 0 Å². The quantitative estimate of drug-likeness (QED) is 0.682. The van der Waals surface area contributed by atoms with Crippen LogP contribution >= 0.6 is 0 Å². The van der Waals surface area contributed by atoms with E-state index in [2.05, 4.69) is 4.98 Å². The zero-order valence-electron chi connectivity index (χ0n) is 9.07. The summed E-state index contributed by atoms with van der Waals surface area (Å²) < 4.78 is 14.4. The molecule has 0 N–H and O–H groups in total. The zero-order valence-corrected chi connectivity index (χ0v) is 9.07. The maximum Gasteiger partial charge on any atom is 0.119 e. The van der Waals surface area contributed by atoms with Crippen LogP contribution in [0.3, 0.4) is 0 Å². The summed E-state index contributed by atoms with van der Waals surface area (Å²) in [5.41, 5.74) is 0.855. The van der Waals surface area contributed by atoms with E-state index >= 15 is 0 Å². The summed E-state index contributed by atoms with van der Waals surface area (Å²) in [6.07, 6.45) is 7.91. The van der Waals surface area contributed by atoms with E-state index in [1.54, 1.807) is 19.3 Å². The molecule has 2 atom stereocenters. The largest absolute Gasteiger partial charge is 0.264 e. The van der Waals surface area contributed by atoms with Crippen LogP contribution in [-0.4, -0.2) is 10.7 Å². The van der Waals surface area contributed by atoms with Crippen molar-refractivity contribution in [2.24, 2.45) is 0 Å². The molecule has 0 spiro atoms. The average molecular weight is 204 g/mol. The Labute approximate surface area is 90.0 Å². The summed E-state index contributed by atoms with van der Waals surface area (Å²) in [5, 5.41) is 0. The van der Waals surface area contributed by atoms with Gasteiger partial charge in [-0.3, -0.25) is 4.98 Å². The van der Waals surface area contributed by atoms with Crippen LogP contribution in [0.5, 0.6) is 0 Å². The van der Waals surface area contributed by atoms with Gasteiger partial charge in [-0.15, -0.1) is 0 Å². The van der Waals surface area contributed by atoms with Crippen molar-refractivity contribution in [3.8, 4) is 0 Å². The Kier molecular flexibility index (Phi) is 2.59. The molecule has 0 bridgehead atoms. The Morgan fingerprint density at radius 3 is 2.93 bits per heavy atom. The van der Waals surface area contributed by atoms with Gasteiger partial charge in [0.05, 0.1) is 0 Å². The van der Waals surface area contributed by atoms with E-state index < -0.39 is 5.67 Å². The van der Waals surface area contributed by atoms with Gasteiger partial charge in [0.15, 0.2) is 0 Å². The Bertz CT molecular complexity index is 367. The van der Waals surface area contributed by atoms with Crippen molar-refractivity contribution in [2.75, 3.05) is 0 Å². The predicted molar refractivity (Wildman–Crippen MR) is 59.2 cm³/mol. The van der Waals surface area contributed by atoms with Gasteiger partial charge in [-0.2, -0.15) is 0 Å². The molecule has 0 amide bonds. The minimum Gasteiger partial charge on any atom is -0.264 e. The molecule has 79 valence electrons. The number of rotatable bonds is 1. The fourth-order valence-corrected chi connectivity index (χ4v) is 2.19. The molecule has 1 aromatic rings.